The molecule has 0 aliphatic rings. The highest BCUT2D eigenvalue weighted by Gasteiger charge is 2.13. The minimum absolute atomic E-state index is 0.00565. The fraction of sp³-hybridized carbons (Fsp3) is 0.111. The van der Waals surface area contributed by atoms with E-state index >= 15 is 0 Å². The maximum absolute atomic E-state index is 13.2. The van der Waals surface area contributed by atoms with Gasteiger partial charge in [-0.2, -0.15) is 0 Å². The Morgan fingerprint density at radius 2 is 2.06 bits per heavy atom. The second-order valence-corrected chi connectivity index (χ2v) is 3.08. The number of nitrogens with one attached hydrogen (secondary N) is 1. The maximum Gasteiger partial charge on any atom is 0.438 e. The van der Waals surface area contributed by atoms with Crippen LogP contribution in [-0.2, 0) is 6.42 Å². The zero-order valence-electron chi connectivity index (χ0n) is 7.76. The summed E-state index contributed by atoms with van der Waals surface area (Å²) in [5.41, 5.74) is -0.248. The van der Waals surface area contributed by atoms with E-state index in [0.29, 0.717) is 6.07 Å². The molecule has 16 heavy (non-hydrogen) atoms. The molecule has 2 rings (SSSR count). The molecule has 0 amide bonds. The van der Waals surface area contributed by atoms with Gasteiger partial charge in [0.2, 0.25) is 0 Å². The number of halogens is 3. The lowest BCUT2D eigenvalue weighted by molar-refractivity contribution is 0.381. The van der Waals surface area contributed by atoms with Gasteiger partial charge in [0.1, 0.15) is 5.82 Å². The molecule has 0 fully saturated rings. The van der Waals surface area contributed by atoms with Crippen molar-refractivity contribution in [2.75, 3.05) is 0 Å². The topological polar surface area (TPSA) is 58.9 Å². The molecule has 0 spiro atoms. The molecule has 2 aromatic rings. The summed E-state index contributed by atoms with van der Waals surface area (Å²) >= 11 is 0. The van der Waals surface area contributed by atoms with Crippen molar-refractivity contribution < 1.29 is 17.7 Å². The summed E-state index contributed by atoms with van der Waals surface area (Å²) in [4.78, 5) is 12.7. The largest absolute Gasteiger partial charge is 0.438 e. The molecule has 0 atom stereocenters. The van der Waals surface area contributed by atoms with Gasteiger partial charge in [0.15, 0.2) is 17.5 Å². The van der Waals surface area contributed by atoms with E-state index in [1.165, 1.54) is 0 Å². The standard InChI is InChI=1S/C9H5F3N2O2/c10-5-1-4(8(12)6(11)3-5)2-7-13-9(15)16-14-7/h1,3H,2H2,(H,13,14,15). The molecular formula is C9H5F3N2O2. The van der Waals surface area contributed by atoms with Gasteiger partial charge in [-0.05, 0) is 6.07 Å². The monoisotopic (exact) mass is 230 g/mol. The van der Waals surface area contributed by atoms with Crippen LogP contribution in [0.1, 0.15) is 11.4 Å². The van der Waals surface area contributed by atoms with Crippen LogP contribution in [0.2, 0.25) is 0 Å². The third-order valence-corrected chi connectivity index (χ3v) is 1.91. The van der Waals surface area contributed by atoms with Crippen LogP contribution in [-0.4, -0.2) is 10.1 Å². The molecule has 1 heterocycles. The summed E-state index contributed by atoms with van der Waals surface area (Å²) in [7, 11) is 0. The van der Waals surface area contributed by atoms with Crippen LogP contribution in [0, 0.1) is 17.5 Å². The summed E-state index contributed by atoms with van der Waals surface area (Å²) in [5, 5.41) is 3.26. The van der Waals surface area contributed by atoms with Crippen molar-refractivity contribution in [2.24, 2.45) is 0 Å². The Labute approximate surface area is 86.7 Å². The lowest BCUT2D eigenvalue weighted by Crippen LogP contribution is -2.01. The highest BCUT2D eigenvalue weighted by molar-refractivity contribution is 5.23. The van der Waals surface area contributed by atoms with Crippen LogP contribution >= 0.6 is 0 Å². The molecule has 0 radical (unpaired) electrons. The average molecular weight is 230 g/mol. The van der Waals surface area contributed by atoms with Gasteiger partial charge < -0.3 is 0 Å². The quantitative estimate of drug-likeness (QED) is 0.792. The summed E-state index contributed by atoms with van der Waals surface area (Å²) in [6.07, 6.45) is -0.258. The zero-order chi connectivity index (χ0) is 11.7. The van der Waals surface area contributed by atoms with Gasteiger partial charge in [-0.1, -0.05) is 5.16 Å². The van der Waals surface area contributed by atoms with E-state index in [4.69, 9.17) is 0 Å². The Morgan fingerprint density at radius 1 is 1.31 bits per heavy atom. The molecule has 1 aromatic heterocycles. The van der Waals surface area contributed by atoms with Crippen molar-refractivity contribution in [2.45, 2.75) is 6.42 Å². The van der Waals surface area contributed by atoms with Crippen molar-refractivity contribution in [1.29, 1.82) is 0 Å². The first-order chi connectivity index (χ1) is 7.56. The molecule has 0 unspecified atom stereocenters. The summed E-state index contributed by atoms with van der Waals surface area (Å²) in [5.74, 6) is -4.19. The maximum atomic E-state index is 13.2. The molecule has 0 aliphatic carbocycles. The molecule has 1 aromatic carbocycles. The van der Waals surface area contributed by atoms with Crippen molar-refractivity contribution in [3.8, 4) is 0 Å². The van der Waals surface area contributed by atoms with Gasteiger partial charge in [0.25, 0.3) is 0 Å². The Morgan fingerprint density at radius 3 is 2.69 bits per heavy atom. The van der Waals surface area contributed by atoms with Crippen LogP contribution in [0.5, 0.6) is 0 Å². The fourth-order valence-electron chi connectivity index (χ4n) is 1.25. The minimum Gasteiger partial charge on any atom is -0.296 e. The number of hydrogen-bond donors (Lipinski definition) is 1. The Kier molecular flexibility index (Phi) is 2.51. The van der Waals surface area contributed by atoms with Crippen molar-refractivity contribution in [3.63, 3.8) is 0 Å². The van der Waals surface area contributed by atoms with Gasteiger partial charge in [-0.3, -0.25) is 9.51 Å². The zero-order valence-corrected chi connectivity index (χ0v) is 7.76. The lowest BCUT2D eigenvalue weighted by Gasteiger charge is -2.01. The van der Waals surface area contributed by atoms with Crippen molar-refractivity contribution in [1.82, 2.24) is 10.1 Å². The van der Waals surface area contributed by atoms with Gasteiger partial charge in [0.05, 0.1) is 0 Å². The molecule has 0 saturated carbocycles. The van der Waals surface area contributed by atoms with Gasteiger partial charge >= 0.3 is 5.76 Å². The molecule has 0 aliphatic heterocycles. The number of aromatic amines is 1. The molecular weight excluding hydrogens is 225 g/mol. The third-order valence-electron chi connectivity index (χ3n) is 1.91. The first-order valence-electron chi connectivity index (χ1n) is 4.24. The number of hydrogen-bond acceptors (Lipinski definition) is 3. The first kappa shape index (κ1) is 10.5. The highest BCUT2D eigenvalue weighted by Crippen LogP contribution is 2.16. The average Bonchev–Trinajstić information content (AvgIpc) is 2.60. The minimum atomic E-state index is -1.29. The summed E-state index contributed by atoms with van der Waals surface area (Å²) in [6.45, 7) is 0. The van der Waals surface area contributed by atoms with Crippen LogP contribution < -0.4 is 5.76 Å². The van der Waals surface area contributed by atoms with Gasteiger partial charge in [-0.15, -0.1) is 0 Å². The Hall–Kier alpha value is -2.05. The second-order valence-electron chi connectivity index (χ2n) is 3.08. The van der Waals surface area contributed by atoms with Crippen LogP contribution in [0.4, 0.5) is 13.2 Å². The van der Waals surface area contributed by atoms with E-state index in [2.05, 4.69) is 14.7 Å². The van der Waals surface area contributed by atoms with Gasteiger partial charge in [-0.25, -0.2) is 18.0 Å². The molecule has 7 heteroatoms. The predicted molar refractivity (Wildman–Crippen MR) is 46.2 cm³/mol. The summed E-state index contributed by atoms with van der Waals surface area (Å²) < 4.78 is 43.0. The molecule has 0 saturated heterocycles. The van der Waals surface area contributed by atoms with Crippen LogP contribution in [0.15, 0.2) is 21.5 Å². The molecule has 84 valence electrons. The van der Waals surface area contributed by atoms with Crippen molar-refractivity contribution >= 4 is 0 Å². The van der Waals surface area contributed by atoms with Crippen LogP contribution in [0.25, 0.3) is 0 Å². The number of benzene rings is 1. The van der Waals surface area contributed by atoms with E-state index in [-0.39, 0.29) is 17.8 Å². The molecule has 0 bridgehead atoms. The second kappa shape index (κ2) is 3.84. The Bertz CT molecular complexity index is 576. The SMILES string of the molecule is O=c1[nH]c(Cc2cc(F)cc(F)c2F)no1. The Balaban J connectivity index is 2.38. The predicted octanol–water partition coefficient (Wildman–Crippen LogP) is 1.37. The van der Waals surface area contributed by atoms with Crippen molar-refractivity contribution in [3.05, 3.63) is 51.5 Å². The molecule has 1 N–H and O–H groups in total. The number of nitrogens with zero attached hydrogens (tertiary/aromatic N) is 1. The number of rotatable bonds is 2. The highest BCUT2D eigenvalue weighted by atomic mass is 19.2. The van der Waals surface area contributed by atoms with E-state index in [9.17, 15) is 18.0 Å². The molecule has 4 nitrogen and oxygen atoms in total. The fourth-order valence-corrected chi connectivity index (χ4v) is 1.25. The lowest BCUT2D eigenvalue weighted by atomic mass is 10.1. The normalized spacial score (nSPS) is 10.7. The summed E-state index contributed by atoms with van der Waals surface area (Å²) in [6, 6.07) is 1.26. The number of aromatic nitrogens is 2. The number of H-pyrrole nitrogens is 1. The van der Waals surface area contributed by atoms with E-state index in [1.807, 2.05) is 0 Å². The van der Waals surface area contributed by atoms with E-state index in [1.54, 1.807) is 0 Å². The smallest absolute Gasteiger partial charge is 0.296 e. The van der Waals surface area contributed by atoms with Gasteiger partial charge in [0, 0.05) is 18.1 Å². The first-order valence-corrected chi connectivity index (χ1v) is 4.24. The van der Waals surface area contributed by atoms with E-state index in [0.717, 1.165) is 6.07 Å². The van der Waals surface area contributed by atoms with E-state index < -0.39 is 23.2 Å². The van der Waals surface area contributed by atoms with Crippen LogP contribution in [0.3, 0.4) is 0 Å². The third kappa shape index (κ3) is 1.97.